The van der Waals surface area contributed by atoms with Gasteiger partial charge in [0.2, 0.25) is 0 Å². The third-order valence-corrected chi connectivity index (χ3v) is 6.20. The van der Waals surface area contributed by atoms with Crippen LogP contribution in [0.5, 0.6) is 0 Å². The summed E-state index contributed by atoms with van der Waals surface area (Å²) in [6, 6.07) is 21.8. The fourth-order valence-corrected chi connectivity index (χ4v) is 4.25. The summed E-state index contributed by atoms with van der Waals surface area (Å²) in [5.41, 5.74) is 3.11. The number of ketones is 2. The Hall–Kier alpha value is -3.77. The Morgan fingerprint density at radius 3 is 2.37 bits per heavy atom. The van der Waals surface area contributed by atoms with E-state index in [1.807, 2.05) is 42.5 Å². The quantitative estimate of drug-likeness (QED) is 0.195. The Morgan fingerprint density at radius 1 is 0.829 bits per heavy atom. The number of Topliss-reactive ketones (excluding diaryl/α,β-unsaturated/α-hetero) is 2. The Kier molecular flexibility index (Phi) is 8.06. The first-order chi connectivity index (χ1) is 17.0. The molecule has 1 aromatic heterocycles. The molecule has 0 bridgehead atoms. The minimum Gasteiger partial charge on any atom is -0.480 e. The number of carboxylic acids is 1. The van der Waals surface area contributed by atoms with E-state index in [9.17, 15) is 19.5 Å². The molecule has 0 radical (unpaired) electrons. The number of furan rings is 1. The average Bonchev–Trinajstić information content (AvgIpc) is 3.24. The third-order valence-electron chi connectivity index (χ3n) is 6.20. The van der Waals surface area contributed by atoms with Crippen molar-refractivity contribution in [3.05, 3.63) is 83.9 Å². The lowest BCUT2D eigenvalue weighted by atomic mass is 10.0. The minimum atomic E-state index is -1.15. The number of hydrogen-bond donors (Lipinski definition) is 2. The van der Waals surface area contributed by atoms with Crippen molar-refractivity contribution < 1.29 is 23.9 Å². The molecule has 0 spiro atoms. The highest BCUT2D eigenvalue weighted by molar-refractivity contribution is 6.09. The summed E-state index contributed by atoms with van der Waals surface area (Å²) in [6.07, 6.45) is 3.85. The minimum absolute atomic E-state index is 0.0466. The largest absolute Gasteiger partial charge is 0.480 e. The second-order valence-corrected chi connectivity index (χ2v) is 8.79. The van der Waals surface area contributed by atoms with Crippen LogP contribution in [0.4, 0.5) is 0 Å². The molecule has 0 unspecified atom stereocenters. The molecule has 2 N–H and O–H groups in total. The zero-order valence-corrected chi connectivity index (χ0v) is 19.5. The van der Waals surface area contributed by atoms with Crippen molar-refractivity contribution in [3.63, 3.8) is 0 Å². The van der Waals surface area contributed by atoms with Gasteiger partial charge >= 0.3 is 5.97 Å². The fourth-order valence-electron chi connectivity index (χ4n) is 4.25. The molecule has 1 atom stereocenters. The Morgan fingerprint density at radius 2 is 1.57 bits per heavy atom. The van der Waals surface area contributed by atoms with Crippen LogP contribution in [-0.4, -0.2) is 35.2 Å². The van der Waals surface area contributed by atoms with Crippen molar-refractivity contribution in [1.29, 1.82) is 0 Å². The number of benzene rings is 3. The van der Waals surface area contributed by atoms with Gasteiger partial charge in [0.25, 0.3) is 0 Å². The zero-order valence-electron chi connectivity index (χ0n) is 19.5. The van der Waals surface area contributed by atoms with Gasteiger partial charge in [-0.25, -0.2) is 0 Å². The van der Waals surface area contributed by atoms with Crippen molar-refractivity contribution in [2.45, 2.75) is 44.6 Å². The normalized spacial score (nSPS) is 12.1. The van der Waals surface area contributed by atoms with Crippen LogP contribution in [0.15, 0.2) is 77.2 Å². The topological polar surface area (TPSA) is 96.6 Å². The third kappa shape index (κ3) is 6.43. The molecular formula is C29H29NO5. The van der Waals surface area contributed by atoms with Gasteiger partial charge in [-0.1, -0.05) is 55.0 Å². The smallest absolute Gasteiger partial charge is 0.321 e. The molecule has 0 aliphatic heterocycles. The summed E-state index contributed by atoms with van der Waals surface area (Å²) in [5, 5.41) is 14.1. The SMILES string of the molecule is O=C(CCCCCc1ccccc1)CN[C@@H](CC(=O)c1ccc2oc3ccccc3c2c1)C(=O)O. The number of hydrogen-bond acceptors (Lipinski definition) is 5. The van der Waals surface area contributed by atoms with Crippen molar-refractivity contribution in [1.82, 2.24) is 5.32 Å². The maximum atomic E-state index is 12.8. The van der Waals surface area contributed by atoms with E-state index in [0.29, 0.717) is 17.6 Å². The molecule has 4 aromatic rings. The number of fused-ring (bicyclic) bond motifs is 3. The highest BCUT2D eigenvalue weighted by atomic mass is 16.4. The van der Waals surface area contributed by atoms with E-state index in [-0.39, 0.29) is 24.5 Å². The average molecular weight is 472 g/mol. The van der Waals surface area contributed by atoms with Crippen molar-refractivity contribution >= 4 is 39.5 Å². The van der Waals surface area contributed by atoms with Crippen LogP contribution < -0.4 is 5.32 Å². The molecule has 0 saturated carbocycles. The first-order valence-electron chi connectivity index (χ1n) is 12.0. The summed E-state index contributed by atoms with van der Waals surface area (Å²) in [7, 11) is 0. The van der Waals surface area contributed by atoms with Crippen molar-refractivity contribution in [3.8, 4) is 0 Å². The summed E-state index contributed by atoms with van der Waals surface area (Å²) in [6.45, 7) is -0.0612. The molecule has 180 valence electrons. The number of rotatable bonds is 13. The van der Waals surface area contributed by atoms with Gasteiger partial charge in [-0.05, 0) is 49.1 Å². The summed E-state index contributed by atoms with van der Waals surface area (Å²) in [5.74, 6) is -1.50. The van der Waals surface area contributed by atoms with E-state index in [1.54, 1.807) is 18.2 Å². The van der Waals surface area contributed by atoms with E-state index in [1.165, 1.54) is 5.56 Å². The first-order valence-corrected chi connectivity index (χ1v) is 12.0. The summed E-state index contributed by atoms with van der Waals surface area (Å²) in [4.78, 5) is 36.8. The van der Waals surface area contributed by atoms with E-state index < -0.39 is 12.0 Å². The van der Waals surface area contributed by atoms with Gasteiger partial charge in [-0.15, -0.1) is 0 Å². The van der Waals surface area contributed by atoms with Crippen LogP contribution in [-0.2, 0) is 16.0 Å². The highest BCUT2D eigenvalue weighted by Gasteiger charge is 2.23. The maximum Gasteiger partial charge on any atom is 0.321 e. The van der Waals surface area contributed by atoms with Crippen LogP contribution in [0.1, 0.15) is 48.0 Å². The van der Waals surface area contributed by atoms with E-state index >= 15 is 0 Å². The molecule has 3 aromatic carbocycles. The standard InChI is InChI=1S/C29H29NO5/c31-22(12-6-2-5-11-20-9-3-1-4-10-20)19-30-25(29(33)34)18-26(32)21-15-16-28-24(17-21)23-13-7-8-14-27(23)35-28/h1,3-4,7-10,13-17,25,30H,2,5-6,11-12,18-19H2,(H,33,34)/t25-/m0/s1. The Balaban J connectivity index is 1.26. The van der Waals surface area contributed by atoms with Gasteiger partial charge < -0.3 is 9.52 Å². The lowest BCUT2D eigenvalue weighted by molar-refractivity contribution is -0.139. The molecule has 0 aliphatic rings. The number of carbonyl (C=O) groups is 3. The molecule has 0 amide bonds. The number of carboxylic acid groups (broad SMARTS) is 1. The number of aliphatic carboxylic acids is 1. The van der Waals surface area contributed by atoms with Crippen LogP contribution in [0.25, 0.3) is 21.9 Å². The molecular weight excluding hydrogens is 442 g/mol. The number of carbonyl (C=O) groups excluding carboxylic acids is 2. The maximum absolute atomic E-state index is 12.8. The number of nitrogens with one attached hydrogen (secondary N) is 1. The van der Waals surface area contributed by atoms with E-state index in [4.69, 9.17) is 4.42 Å². The van der Waals surface area contributed by atoms with Gasteiger partial charge in [-0.3, -0.25) is 19.7 Å². The molecule has 0 saturated heterocycles. The Bertz CT molecular complexity index is 1320. The highest BCUT2D eigenvalue weighted by Crippen LogP contribution is 2.29. The number of aryl methyl sites for hydroxylation is 1. The predicted molar refractivity (Wildman–Crippen MR) is 136 cm³/mol. The molecule has 1 heterocycles. The van der Waals surface area contributed by atoms with Crippen LogP contribution in [0.2, 0.25) is 0 Å². The van der Waals surface area contributed by atoms with Crippen LogP contribution in [0.3, 0.4) is 0 Å². The molecule has 35 heavy (non-hydrogen) atoms. The summed E-state index contributed by atoms with van der Waals surface area (Å²) >= 11 is 0. The second kappa shape index (κ2) is 11.6. The molecule has 6 nitrogen and oxygen atoms in total. The van der Waals surface area contributed by atoms with Crippen molar-refractivity contribution in [2.75, 3.05) is 6.54 Å². The van der Waals surface area contributed by atoms with Gasteiger partial charge in [-0.2, -0.15) is 0 Å². The second-order valence-electron chi connectivity index (χ2n) is 8.79. The monoisotopic (exact) mass is 471 g/mol. The predicted octanol–water partition coefficient (Wildman–Crippen LogP) is 5.57. The molecule has 4 rings (SSSR count). The first kappa shape index (κ1) is 24.4. The fraction of sp³-hybridized carbons (Fsp3) is 0.276. The van der Waals surface area contributed by atoms with Gasteiger partial charge in [0.15, 0.2) is 5.78 Å². The van der Waals surface area contributed by atoms with E-state index in [2.05, 4.69) is 17.4 Å². The molecule has 0 fully saturated rings. The lowest BCUT2D eigenvalue weighted by Crippen LogP contribution is -2.41. The number of para-hydroxylation sites is 1. The number of unbranched alkanes of at least 4 members (excludes halogenated alkanes) is 2. The molecule has 6 heteroatoms. The van der Waals surface area contributed by atoms with E-state index in [0.717, 1.165) is 42.0 Å². The van der Waals surface area contributed by atoms with Crippen LogP contribution in [0, 0.1) is 0 Å². The van der Waals surface area contributed by atoms with Gasteiger partial charge in [0.05, 0.1) is 6.54 Å². The van der Waals surface area contributed by atoms with Gasteiger partial charge in [0.1, 0.15) is 23.0 Å². The lowest BCUT2D eigenvalue weighted by Gasteiger charge is -2.13. The zero-order chi connectivity index (χ0) is 24.6. The van der Waals surface area contributed by atoms with Crippen LogP contribution >= 0.6 is 0 Å². The molecule has 0 aliphatic carbocycles. The summed E-state index contributed by atoms with van der Waals surface area (Å²) < 4.78 is 5.79. The Labute approximate surface area is 203 Å². The van der Waals surface area contributed by atoms with Crippen molar-refractivity contribution in [2.24, 2.45) is 0 Å². The van der Waals surface area contributed by atoms with Gasteiger partial charge in [0, 0.05) is 29.2 Å².